The fraction of sp³-hybridized carbons (Fsp3) is 0. The lowest BCUT2D eigenvalue weighted by Gasteiger charge is -2.07. The second-order valence-electron chi connectivity index (χ2n) is 2.61. The van der Waals surface area contributed by atoms with Gasteiger partial charge in [-0.05, 0) is 12.1 Å². The first-order valence-corrected chi connectivity index (χ1v) is 4.98. The Balaban J connectivity index is 3.62. The standard InChI is InChI=1S/C7H9N3O3S/c8-5-3-1-2-4(7(9)10)6(5)14(11,12)13/h1-3H,8H2,(H3,9,10)(H,11,12,13). The molecule has 6 nitrogen and oxygen atoms in total. The molecule has 0 bridgehead atoms. The van der Waals surface area contributed by atoms with Crippen LogP contribution in [0.4, 0.5) is 5.69 Å². The lowest BCUT2D eigenvalue weighted by molar-refractivity contribution is 0.483. The first-order valence-electron chi connectivity index (χ1n) is 3.54. The van der Waals surface area contributed by atoms with Crippen LogP contribution in [0.15, 0.2) is 23.1 Å². The van der Waals surface area contributed by atoms with Crippen molar-refractivity contribution in [1.82, 2.24) is 0 Å². The quantitative estimate of drug-likeness (QED) is 0.235. The Morgan fingerprint density at radius 3 is 2.36 bits per heavy atom. The van der Waals surface area contributed by atoms with Gasteiger partial charge in [-0.2, -0.15) is 8.42 Å². The summed E-state index contributed by atoms with van der Waals surface area (Å²) in [5, 5.41) is 7.10. The highest BCUT2D eigenvalue weighted by molar-refractivity contribution is 7.86. The first-order chi connectivity index (χ1) is 6.34. The van der Waals surface area contributed by atoms with Crippen LogP contribution < -0.4 is 11.5 Å². The Morgan fingerprint density at radius 1 is 1.43 bits per heavy atom. The number of rotatable bonds is 2. The smallest absolute Gasteiger partial charge is 0.297 e. The number of amidine groups is 1. The van der Waals surface area contributed by atoms with Crippen LogP contribution in [-0.4, -0.2) is 18.8 Å². The molecule has 0 aliphatic heterocycles. The topological polar surface area (TPSA) is 130 Å². The zero-order chi connectivity index (χ0) is 10.9. The van der Waals surface area contributed by atoms with Crippen LogP contribution >= 0.6 is 0 Å². The molecule has 1 rings (SSSR count). The van der Waals surface area contributed by atoms with E-state index in [9.17, 15) is 8.42 Å². The zero-order valence-corrected chi connectivity index (χ0v) is 7.88. The summed E-state index contributed by atoms with van der Waals surface area (Å²) in [6.07, 6.45) is 0. The number of nitrogen functional groups attached to an aromatic ring is 2. The molecule has 0 heterocycles. The third-order valence-electron chi connectivity index (χ3n) is 1.59. The molecule has 0 saturated heterocycles. The van der Waals surface area contributed by atoms with Crippen LogP contribution in [0, 0.1) is 5.41 Å². The maximum atomic E-state index is 10.9. The van der Waals surface area contributed by atoms with Crippen LogP contribution in [0.2, 0.25) is 0 Å². The molecule has 0 saturated carbocycles. The number of nitrogens with two attached hydrogens (primary N) is 2. The minimum atomic E-state index is -4.45. The van der Waals surface area contributed by atoms with Gasteiger partial charge in [0, 0.05) is 5.56 Å². The molecule has 0 aliphatic carbocycles. The zero-order valence-electron chi connectivity index (χ0n) is 7.06. The summed E-state index contributed by atoms with van der Waals surface area (Å²) >= 11 is 0. The molecule has 6 N–H and O–H groups in total. The van der Waals surface area contributed by atoms with Gasteiger partial charge in [-0.25, -0.2) is 0 Å². The van der Waals surface area contributed by atoms with Crippen molar-refractivity contribution in [2.45, 2.75) is 4.90 Å². The van der Waals surface area contributed by atoms with E-state index in [0.717, 1.165) is 0 Å². The van der Waals surface area contributed by atoms with Crippen LogP contribution in [0.25, 0.3) is 0 Å². The highest BCUT2D eigenvalue weighted by atomic mass is 32.2. The highest BCUT2D eigenvalue weighted by Crippen LogP contribution is 2.21. The molecule has 0 amide bonds. The molecule has 7 heteroatoms. The van der Waals surface area contributed by atoms with E-state index >= 15 is 0 Å². The van der Waals surface area contributed by atoms with Gasteiger partial charge < -0.3 is 11.5 Å². The van der Waals surface area contributed by atoms with Crippen molar-refractivity contribution < 1.29 is 13.0 Å². The molecule has 1 aromatic rings. The van der Waals surface area contributed by atoms with Crippen molar-refractivity contribution in [3.8, 4) is 0 Å². The predicted molar refractivity (Wildman–Crippen MR) is 51.7 cm³/mol. The monoisotopic (exact) mass is 215 g/mol. The number of benzene rings is 1. The first kappa shape index (κ1) is 10.5. The van der Waals surface area contributed by atoms with E-state index in [0.29, 0.717) is 0 Å². The minimum Gasteiger partial charge on any atom is -0.398 e. The van der Waals surface area contributed by atoms with Gasteiger partial charge in [-0.1, -0.05) is 6.07 Å². The van der Waals surface area contributed by atoms with E-state index in [4.69, 9.17) is 21.4 Å². The predicted octanol–water partition coefficient (Wildman–Crippen LogP) is -0.200. The van der Waals surface area contributed by atoms with Crippen LogP contribution in [-0.2, 0) is 10.1 Å². The van der Waals surface area contributed by atoms with Crippen LogP contribution in [0.5, 0.6) is 0 Å². The van der Waals surface area contributed by atoms with Crippen molar-refractivity contribution in [3.05, 3.63) is 23.8 Å². The average molecular weight is 215 g/mol. The number of anilines is 1. The Labute approximate surface area is 80.8 Å². The normalized spacial score (nSPS) is 11.2. The van der Waals surface area contributed by atoms with Crippen molar-refractivity contribution in [3.63, 3.8) is 0 Å². The van der Waals surface area contributed by atoms with E-state index in [-0.39, 0.29) is 11.3 Å². The minimum absolute atomic E-state index is 0.104. The molecular weight excluding hydrogens is 206 g/mol. The lowest BCUT2D eigenvalue weighted by atomic mass is 10.2. The summed E-state index contributed by atoms with van der Waals surface area (Å²) < 4.78 is 30.6. The van der Waals surface area contributed by atoms with Gasteiger partial charge in [-0.15, -0.1) is 0 Å². The van der Waals surface area contributed by atoms with Crippen molar-refractivity contribution in [1.29, 1.82) is 5.41 Å². The third-order valence-corrected chi connectivity index (χ3v) is 2.57. The van der Waals surface area contributed by atoms with Gasteiger partial charge in [0.2, 0.25) is 0 Å². The molecule has 0 fully saturated rings. The number of hydrogen-bond acceptors (Lipinski definition) is 4. The molecular formula is C7H9N3O3S. The summed E-state index contributed by atoms with van der Waals surface area (Å²) in [4.78, 5) is -0.521. The Hall–Kier alpha value is -1.60. The molecule has 0 atom stereocenters. The Kier molecular flexibility index (Phi) is 2.45. The van der Waals surface area contributed by atoms with E-state index in [1.807, 2.05) is 0 Å². The van der Waals surface area contributed by atoms with Gasteiger partial charge in [0.1, 0.15) is 10.7 Å². The van der Waals surface area contributed by atoms with Gasteiger partial charge >= 0.3 is 0 Å². The van der Waals surface area contributed by atoms with Crippen molar-refractivity contribution in [2.24, 2.45) is 5.73 Å². The fourth-order valence-electron chi connectivity index (χ4n) is 1.05. The van der Waals surface area contributed by atoms with Crippen LogP contribution in [0.3, 0.4) is 0 Å². The molecule has 0 aromatic heterocycles. The summed E-state index contributed by atoms with van der Waals surface area (Å²) in [5.74, 6) is -0.468. The average Bonchev–Trinajstić information content (AvgIpc) is 2.01. The second-order valence-corrected chi connectivity index (χ2v) is 3.97. The van der Waals surface area contributed by atoms with Crippen molar-refractivity contribution in [2.75, 3.05) is 5.73 Å². The van der Waals surface area contributed by atoms with E-state index in [1.165, 1.54) is 18.2 Å². The molecule has 76 valence electrons. The second kappa shape index (κ2) is 3.28. The SMILES string of the molecule is N=C(N)c1cccc(N)c1S(=O)(=O)O. The van der Waals surface area contributed by atoms with Gasteiger partial charge in [-0.3, -0.25) is 9.96 Å². The number of hydrogen-bond donors (Lipinski definition) is 4. The lowest BCUT2D eigenvalue weighted by Crippen LogP contribution is -2.17. The molecule has 0 radical (unpaired) electrons. The van der Waals surface area contributed by atoms with Crippen LogP contribution in [0.1, 0.15) is 5.56 Å². The summed E-state index contributed by atoms with van der Waals surface area (Å²) in [5.41, 5.74) is 10.2. The molecule has 1 aromatic carbocycles. The van der Waals surface area contributed by atoms with Gasteiger partial charge in [0.05, 0.1) is 5.69 Å². The maximum absolute atomic E-state index is 10.9. The van der Waals surface area contributed by atoms with E-state index < -0.39 is 20.8 Å². The van der Waals surface area contributed by atoms with E-state index in [1.54, 1.807) is 0 Å². The maximum Gasteiger partial charge on any atom is 0.297 e. The van der Waals surface area contributed by atoms with Gasteiger partial charge in [0.15, 0.2) is 0 Å². The fourth-order valence-corrected chi connectivity index (χ4v) is 1.88. The molecule has 0 spiro atoms. The van der Waals surface area contributed by atoms with Crippen molar-refractivity contribution >= 4 is 21.6 Å². The number of nitrogens with one attached hydrogen (secondary N) is 1. The summed E-state index contributed by atoms with van der Waals surface area (Å²) in [6.45, 7) is 0. The third kappa shape index (κ3) is 1.83. The molecule has 14 heavy (non-hydrogen) atoms. The Morgan fingerprint density at radius 2 is 2.00 bits per heavy atom. The largest absolute Gasteiger partial charge is 0.398 e. The Bertz CT molecular complexity index is 481. The molecule has 0 unspecified atom stereocenters. The molecule has 0 aliphatic rings. The highest BCUT2D eigenvalue weighted by Gasteiger charge is 2.20. The van der Waals surface area contributed by atoms with E-state index in [2.05, 4.69) is 0 Å². The van der Waals surface area contributed by atoms with Gasteiger partial charge in [0.25, 0.3) is 10.1 Å². The summed E-state index contributed by atoms with van der Waals surface area (Å²) in [7, 11) is -4.45. The summed E-state index contributed by atoms with van der Waals surface area (Å²) in [6, 6.07) is 4.04.